The van der Waals surface area contributed by atoms with E-state index in [1.807, 2.05) is 12.3 Å². The minimum absolute atomic E-state index is 0.114. The van der Waals surface area contributed by atoms with E-state index in [1.54, 1.807) is 17.0 Å². The van der Waals surface area contributed by atoms with Gasteiger partial charge in [-0.1, -0.05) is 0 Å². The van der Waals surface area contributed by atoms with E-state index in [-0.39, 0.29) is 5.56 Å². The van der Waals surface area contributed by atoms with Crippen LogP contribution in [-0.4, -0.2) is 37.5 Å². The van der Waals surface area contributed by atoms with E-state index in [9.17, 15) is 4.79 Å². The summed E-state index contributed by atoms with van der Waals surface area (Å²) in [6, 6.07) is 3.80. The number of hydrogen-bond donors (Lipinski definition) is 0. The van der Waals surface area contributed by atoms with E-state index in [0.29, 0.717) is 17.8 Å². The molecule has 0 aromatic carbocycles. The first-order valence-corrected chi connectivity index (χ1v) is 10.3. The van der Waals surface area contributed by atoms with Crippen LogP contribution in [-0.2, 0) is 13.1 Å². The molecule has 1 saturated heterocycles. The van der Waals surface area contributed by atoms with Gasteiger partial charge < -0.3 is 0 Å². The highest BCUT2D eigenvalue weighted by atomic mass is 16.1. The molecule has 1 aliphatic heterocycles. The molecule has 2 aromatic heterocycles. The number of aromatic nitrogens is 4. The molecule has 6 heteroatoms. The summed E-state index contributed by atoms with van der Waals surface area (Å²) in [6.45, 7) is 3.84. The lowest BCUT2D eigenvalue weighted by Gasteiger charge is -2.31. The molecule has 0 N–H and O–H groups in total. The van der Waals surface area contributed by atoms with Crippen LogP contribution in [0.25, 0.3) is 0 Å². The summed E-state index contributed by atoms with van der Waals surface area (Å²) in [7, 11) is 0. The Kier molecular flexibility index (Phi) is 4.52. The molecule has 5 rings (SSSR count). The van der Waals surface area contributed by atoms with Crippen molar-refractivity contribution in [2.24, 2.45) is 5.92 Å². The van der Waals surface area contributed by atoms with E-state index >= 15 is 0 Å². The molecule has 6 nitrogen and oxygen atoms in total. The zero-order valence-corrected chi connectivity index (χ0v) is 15.8. The third-order valence-electron chi connectivity index (χ3n) is 6.12. The normalized spacial score (nSPS) is 21.5. The molecular weight excluding hydrogens is 338 g/mol. The Bertz CT molecular complexity index is 863. The molecule has 3 heterocycles. The van der Waals surface area contributed by atoms with Gasteiger partial charge in [0.25, 0.3) is 5.56 Å². The van der Waals surface area contributed by atoms with Crippen LogP contribution >= 0.6 is 0 Å². The average Bonchev–Trinajstić information content (AvgIpc) is 3.58. The predicted octanol–water partition coefficient (Wildman–Crippen LogP) is 2.70. The quantitative estimate of drug-likeness (QED) is 0.787. The van der Waals surface area contributed by atoms with E-state index in [1.165, 1.54) is 25.7 Å². The van der Waals surface area contributed by atoms with Crippen molar-refractivity contribution in [2.45, 2.75) is 63.5 Å². The standard InChI is InChI=1S/C21H27N5O/c27-20-11-19(16-1-2-16)23-14-26(20)12-15-6-9-25(10-7-15)13-18-5-8-22-21(24-18)17-3-4-17/h5,8,11,14-17H,1-4,6-7,9-10,12-13H2. The Hall–Kier alpha value is -2.08. The van der Waals surface area contributed by atoms with Crippen LogP contribution in [0.5, 0.6) is 0 Å². The minimum atomic E-state index is 0.114. The summed E-state index contributed by atoms with van der Waals surface area (Å²) in [6.07, 6.45) is 10.8. The molecule has 0 spiro atoms. The van der Waals surface area contributed by atoms with Crippen molar-refractivity contribution in [2.75, 3.05) is 13.1 Å². The second-order valence-corrected chi connectivity index (χ2v) is 8.48. The van der Waals surface area contributed by atoms with Gasteiger partial charge >= 0.3 is 0 Å². The van der Waals surface area contributed by atoms with Gasteiger partial charge in [-0.15, -0.1) is 0 Å². The molecular formula is C21H27N5O. The highest BCUT2D eigenvalue weighted by molar-refractivity contribution is 5.12. The van der Waals surface area contributed by atoms with Crippen molar-refractivity contribution in [3.8, 4) is 0 Å². The number of piperidine rings is 1. The second-order valence-electron chi connectivity index (χ2n) is 8.48. The minimum Gasteiger partial charge on any atom is -0.299 e. The van der Waals surface area contributed by atoms with Crippen LogP contribution in [0.15, 0.2) is 29.5 Å². The van der Waals surface area contributed by atoms with Crippen LogP contribution in [0.4, 0.5) is 0 Å². The van der Waals surface area contributed by atoms with Crippen molar-refractivity contribution in [1.29, 1.82) is 0 Å². The molecule has 0 radical (unpaired) electrons. The summed E-state index contributed by atoms with van der Waals surface area (Å²) >= 11 is 0. The van der Waals surface area contributed by atoms with Crippen LogP contribution in [0.3, 0.4) is 0 Å². The Balaban J connectivity index is 1.15. The highest BCUT2D eigenvalue weighted by Gasteiger charge is 2.27. The summed E-state index contributed by atoms with van der Waals surface area (Å²) in [5, 5.41) is 0. The first kappa shape index (κ1) is 17.0. The maximum absolute atomic E-state index is 12.3. The van der Waals surface area contributed by atoms with Crippen molar-refractivity contribution in [3.63, 3.8) is 0 Å². The van der Waals surface area contributed by atoms with E-state index in [4.69, 9.17) is 4.98 Å². The molecule has 2 aliphatic carbocycles. The van der Waals surface area contributed by atoms with Crippen molar-refractivity contribution in [3.05, 3.63) is 52.2 Å². The lowest BCUT2D eigenvalue weighted by molar-refractivity contribution is 0.164. The maximum atomic E-state index is 12.3. The van der Waals surface area contributed by atoms with Gasteiger partial charge in [0.2, 0.25) is 0 Å². The highest BCUT2D eigenvalue weighted by Crippen LogP contribution is 2.38. The molecule has 0 bridgehead atoms. The van der Waals surface area contributed by atoms with Crippen LogP contribution in [0.2, 0.25) is 0 Å². The summed E-state index contributed by atoms with van der Waals surface area (Å²) < 4.78 is 1.80. The number of nitrogens with zero attached hydrogens (tertiary/aromatic N) is 5. The summed E-state index contributed by atoms with van der Waals surface area (Å²) in [5.74, 6) is 2.73. The molecule has 3 fully saturated rings. The average molecular weight is 365 g/mol. The molecule has 2 saturated carbocycles. The zero-order chi connectivity index (χ0) is 18.2. The third-order valence-corrected chi connectivity index (χ3v) is 6.12. The maximum Gasteiger partial charge on any atom is 0.253 e. The van der Waals surface area contributed by atoms with Crippen LogP contribution in [0, 0.1) is 5.92 Å². The zero-order valence-electron chi connectivity index (χ0n) is 15.8. The number of hydrogen-bond acceptors (Lipinski definition) is 5. The Morgan fingerprint density at radius 2 is 1.78 bits per heavy atom. The van der Waals surface area contributed by atoms with Crippen molar-refractivity contribution in [1.82, 2.24) is 24.4 Å². The van der Waals surface area contributed by atoms with Gasteiger partial charge in [-0.3, -0.25) is 14.3 Å². The van der Waals surface area contributed by atoms with Gasteiger partial charge in [0.15, 0.2) is 0 Å². The molecule has 0 atom stereocenters. The lowest BCUT2D eigenvalue weighted by atomic mass is 9.96. The topological polar surface area (TPSA) is 63.9 Å². The van der Waals surface area contributed by atoms with E-state index < -0.39 is 0 Å². The largest absolute Gasteiger partial charge is 0.299 e. The fourth-order valence-electron chi connectivity index (χ4n) is 4.05. The van der Waals surface area contributed by atoms with Crippen molar-refractivity contribution < 1.29 is 0 Å². The SMILES string of the molecule is O=c1cc(C2CC2)ncn1CC1CCN(Cc2ccnc(C3CC3)n2)CC1. The Morgan fingerprint density at radius 3 is 2.48 bits per heavy atom. The number of likely N-dealkylation sites (tertiary alicyclic amines) is 1. The van der Waals surface area contributed by atoms with Gasteiger partial charge in [0.05, 0.1) is 17.7 Å². The third kappa shape index (κ3) is 4.10. The molecule has 3 aliphatic rings. The van der Waals surface area contributed by atoms with Crippen LogP contribution in [0.1, 0.15) is 67.6 Å². The first-order chi connectivity index (χ1) is 13.2. The lowest BCUT2D eigenvalue weighted by Crippen LogP contribution is -2.36. The Labute approximate surface area is 159 Å². The first-order valence-electron chi connectivity index (χ1n) is 10.3. The smallest absolute Gasteiger partial charge is 0.253 e. The molecule has 142 valence electrons. The second kappa shape index (κ2) is 7.15. The van der Waals surface area contributed by atoms with Gasteiger partial charge in [0.1, 0.15) is 5.82 Å². The van der Waals surface area contributed by atoms with Gasteiger partial charge in [-0.05, 0) is 63.6 Å². The number of rotatable bonds is 6. The summed E-state index contributed by atoms with van der Waals surface area (Å²) in [5.41, 5.74) is 2.24. The fourth-order valence-corrected chi connectivity index (χ4v) is 4.05. The summed E-state index contributed by atoms with van der Waals surface area (Å²) in [4.78, 5) is 28.5. The molecule has 27 heavy (non-hydrogen) atoms. The van der Waals surface area contributed by atoms with E-state index in [2.05, 4.69) is 14.9 Å². The van der Waals surface area contributed by atoms with E-state index in [0.717, 1.165) is 56.2 Å². The monoisotopic (exact) mass is 365 g/mol. The fraction of sp³-hybridized carbons (Fsp3) is 0.619. The Morgan fingerprint density at radius 1 is 1.00 bits per heavy atom. The molecule has 2 aromatic rings. The molecule has 0 amide bonds. The van der Waals surface area contributed by atoms with Gasteiger partial charge in [-0.25, -0.2) is 15.0 Å². The van der Waals surface area contributed by atoms with Gasteiger partial charge in [-0.2, -0.15) is 0 Å². The predicted molar refractivity (Wildman–Crippen MR) is 102 cm³/mol. The van der Waals surface area contributed by atoms with Crippen LogP contribution < -0.4 is 5.56 Å². The molecule has 0 unspecified atom stereocenters. The van der Waals surface area contributed by atoms with Crippen molar-refractivity contribution >= 4 is 0 Å². The van der Waals surface area contributed by atoms with Gasteiger partial charge in [0, 0.05) is 37.2 Å².